The van der Waals surface area contributed by atoms with Gasteiger partial charge in [0.15, 0.2) is 6.29 Å². The van der Waals surface area contributed by atoms with Crippen molar-refractivity contribution in [3.8, 4) is 0 Å². The molecule has 0 saturated carbocycles. The van der Waals surface area contributed by atoms with Crippen molar-refractivity contribution in [1.29, 1.82) is 0 Å². The molecule has 0 spiro atoms. The van der Waals surface area contributed by atoms with Crippen molar-refractivity contribution in [2.24, 2.45) is 0 Å². The Labute approximate surface area is 95.9 Å². The van der Waals surface area contributed by atoms with Crippen LogP contribution in [0.2, 0.25) is 0 Å². The summed E-state index contributed by atoms with van der Waals surface area (Å²) < 4.78 is 0. The summed E-state index contributed by atoms with van der Waals surface area (Å²) in [5.74, 6) is 0. The van der Waals surface area contributed by atoms with Crippen LogP contribution in [0.5, 0.6) is 0 Å². The molecule has 0 amide bonds. The molecule has 0 fully saturated rings. The monoisotopic (exact) mass is 221 g/mol. The normalized spacial score (nSPS) is 9.73. The molecule has 1 rings (SSSR count). The molecule has 0 N–H and O–H groups in total. The van der Waals surface area contributed by atoms with E-state index in [9.17, 15) is 4.79 Å². The maximum absolute atomic E-state index is 10.9. The highest BCUT2D eigenvalue weighted by Crippen LogP contribution is 2.11. The van der Waals surface area contributed by atoms with E-state index < -0.39 is 0 Å². The summed E-state index contributed by atoms with van der Waals surface area (Å²) >= 11 is 5.36. The predicted molar refractivity (Wildman–Crippen MR) is 66.5 cm³/mol. The molecule has 0 atom stereocenters. The van der Waals surface area contributed by atoms with E-state index in [-0.39, 0.29) is 0 Å². The van der Waals surface area contributed by atoms with E-state index in [1.165, 1.54) is 0 Å². The number of aldehydes is 1. The molecule has 0 aromatic heterocycles. The zero-order valence-corrected chi connectivity index (χ0v) is 9.88. The molecule has 0 heterocycles. The van der Waals surface area contributed by atoms with Gasteiger partial charge in [-0.25, -0.2) is 0 Å². The Bertz CT molecular complexity index is 358. The summed E-state index contributed by atoms with van der Waals surface area (Å²) in [6.45, 7) is 5.84. The summed E-state index contributed by atoms with van der Waals surface area (Å²) in [6.07, 6.45) is 0.852. The van der Waals surface area contributed by atoms with Gasteiger partial charge < -0.3 is 4.90 Å². The molecule has 0 unspecified atom stereocenters. The van der Waals surface area contributed by atoms with Crippen LogP contribution in [0.1, 0.15) is 29.8 Å². The molecule has 1 aromatic rings. The van der Waals surface area contributed by atoms with Gasteiger partial charge in [0.2, 0.25) is 0 Å². The first kappa shape index (κ1) is 11.9. The molecule has 0 aliphatic carbocycles. The molecule has 2 nitrogen and oxygen atoms in total. The lowest BCUT2D eigenvalue weighted by atomic mass is 10.1. The number of hydrogen-bond acceptors (Lipinski definition) is 2. The lowest BCUT2D eigenvalue weighted by molar-refractivity contribution is 0.112. The summed E-state index contributed by atoms with van der Waals surface area (Å²) in [7, 11) is 0. The number of carbonyl (C=O) groups excluding carboxylic acids is 1. The van der Waals surface area contributed by atoms with Gasteiger partial charge in [0.05, 0.1) is 0 Å². The number of carbonyl (C=O) groups is 1. The van der Waals surface area contributed by atoms with Gasteiger partial charge >= 0.3 is 0 Å². The molecule has 0 radical (unpaired) electrons. The Morgan fingerprint density at radius 2 is 1.93 bits per heavy atom. The largest absolute Gasteiger partial charge is 0.363 e. The second-order valence-corrected chi connectivity index (χ2v) is 3.57. The van der Waals surface area contributed by atoms with Gasteiger partial charge in [-0.2, -0.15) is 0 Å². The minimum absolute atomic E-state index is 0.661. The number of thiocarbonyl (C=S) groups is 1. The first-order valence-electron chi connectivity index (χ1n) is 5.08. The van der Waals surface area contributed by atoms with Crippen LogP contribution >= 0.6 is 12.2 Å². The second-order valence-electron chi connectivity index (χ2n) is 3.18. The fourth-order valence-electron chi connectivity index (χ4n) is 1.48. The Morgan fingerprint density at radius 3 is 2.47 bits per heavy atom. The van der Waals surface area contributed by atoms with E-state index in [1.807, 2.05) is 18.2 Å². The quantitative estimate of drug-likeness (QED) is 0.575. The second kappa shape index (κ2) is 5.61. The smallest absolute Gasteiger partial charge is 0.150 e. The molecule has 15 heavy (non-hydrogen) atoms. The van der Waals surface area contributed by atoms with Gasteiger partial charge in [0, 0.05) is 24.2 Å². The number of rotatable bonds is 4. The van der Waals surface area contributed by atoms with Gasteiger partial charge in [-0.15, -0.1) is 0 Å². The summed E-state index contributed by atoms with van der Waals surface area (Å²) in [5.41, 5.74) is 1.51. The van der Waals surface area contributed by atoms with Crippen LogP contribution in [0.4, 0.5) is 0 Å². The van der Waals surface area contributed by atoms with Crippen molar-refractivity contribution < 1.29 is 4.79 Å². The lowest BCUT2D eigenvalue weighted by Crippen LogP contribution is -2.30. The third-order valence-electron chi connectivity index (χ3n) is 2.37. The molecular formula is C12H15NOS. The standard InChI is InChI=1S/C12H15NOS/c1-3-13(4-2)12(15)11-8-6-5-7-10(11)9-14/h5-9H,3-4H2,1-2H3. The van der Waals surface area contributed by atoms with E-state index in [4.69, 9.17) is 12.2 Å². The first-order valence-corrected chi connectivity index (χ1v) is 5.48. The van der Waals surface area contributed by atoms with Crippen LogP contribution in [0.25, 0.3) is 0 Å². The van der Waals surface area contributed by atoms with Gasteiger partial charge in [-0.1, -0.05) is 36.5 Å². The highest BCUT2D eigenvalue weighted by Gasteiger charge is 2.11. The zero-order chi connectivity index (χ0) is 11.3. The SMILES string of the molecule is CCN(CC)C(=S)c1ccccc1C=O. The zero-order valence-electron chi connectivity index (χ0n) is 9.06. The van der Waals surface area contributed by atoms with Crippen LogP contribution in [-0.4, -0.2) is 29.3 Å². The fourth-order valence-corrected chi connectivity index (χ4v) is 1.92. The van der Waals surface area contributed by atoms with Crippen LogP contribution in [-0.2, 0) is 0 Å². The van der Waals surface area contributed by atoms with Crippen LogP contribution in [0.3, 0.4) is 0 Å². The molecule has 3 heteroatoms. The van der Waals surface area contributed by atoms with Crippen molar-refractivity contribution in [2.75, 3.05) is 13.1 Å². The Hall–Kier alpha value is -1.22. The molecule has 80 valence electrons. The van der Waals surface area contributed by atoms with Crippen LogP contribution in [0.15, 0.2) is 24.3 Å². The van der Waals surface area contributed by atoms with Crippen LogP contribution < -0.4 is 0 Å². The number of nitrogens with zero attached hydrogens (tertiary/aromatic N) is 1. The highest BCUT2D eigenvalue weighted by molar-refractivity contribution is 7.80. The van der Waals surface area contributed by atoms with Gasteiger partial charge in [0.1, 0.15) is 4.99 Å². The Morgan fingerprint density at radius 1 is 1.33 bits per heavy atom. The minimum Gasteiger partial charge on any atom is -0.363 e. The molecule has 0 aliphatic heterocycles. The average molecular weight is 221 g/mol. The van der Waals surface area contributed by atoms with E-state index in [1.54, 1.807) is 6.07 Å². The van der Waals surface area contributed by atoms with E-state index in [0.29, 0.717) is 5.56 Å². The molecule has 0 aliphatic rings. The fraction of sp³-hybridized carbons (Fsp3) is 0.333. The van der Waals surface area contributed by atoms with Crippen molar-refractivity contribution in [3.05, 3.63) is 35.4 Å². The minimum atomic E-state index is 0.661. The third-order valence-corrected chi connectivity index (χ3v) is 2.85. The Balaban J connectivity index is 3.04. The molecule has 0 saturated heterocycles. The average Bonchev–Trinajstić information content (AvgIpc) is 2.30. The molecule has 1 aromatic carbocycles. The van der Waals surface area contributed by atoms with Gasteiger partial charge in [-0.3, -0.25) is 4.79 Å². The van der Waals surface area contributed by atoms with Gasteiger partial charge in [-0.05, 0) is 13.8 Å². The lowest BCUT2D eigenvalue weighted by Gasteiger charge is -2.22. The van der Waals surface area contributed by atoms with Crippen molar-refractivity contribution in [3.63, 3.8) is 0 Å². The Kier molecular flexibility index (Phi) is 4.43. The van der Waals surface area contributed by atoms with Gasteiger partial charge in [0.25, 0.3) is 0 Å². The highest BCUT2D eigenvalue weighted by atomic mass is 32.1. The van der Waals surface area contributed by atoms with Crippen molar-refractivity contribution >= 4 is 23.5 Å². The van der Waals surface area contributed by atoms with E-state index >= 15 is 0 Å². The summed E-state index contributed by atoms with van der Waals surface area (Å²) in [6, 6.07) is 7.43. The molecule has 0 bridgehead atoms. The molecular weight excluding hydrogens is 206 g/mol. The van der Waals surface area contributed by atoms with E-state index in [0.717, 1.165) is 29.9 Å². The number of benzene rings is 1. The number of hydrogen-bond donors (Lipinski definition) is 0. The van der Waals surface area contributed by atoms with Crippen molar-refractivity contribution in [1.82, 2.24) is 4.90 Å². The topological polar surface area (TPSA) is 20.3 Å². The van der Waals surface area contributed by atoms with E-state index in [2.05, 4.69) is 18.7 Å². The predicted octanol–water partition coefficient (Wildman–Crippen LogP) is 2.52. The third kappa shape index (κ3) is 2.63. The maximum atomic E-state index is 10.9. The maximum Gasteiger partial charge on any atom is 0.150 e. The van der Waals surface area contributed by atoms with Crippen LogP contribution in [0, 0.1) is 0 Å². The van der Waals surface area contributed by atoms with Crippen molar-refractivity contribution in [2.45, 2.75) is 13.8 Å². The summed E-state index contributed by atoms with van der Waals surface area (Å²) in [5, 5.41) is 0. The summed E-state index contributed by atoms with van der Waals surface area (Å²) in [4.78, 5) is 13.7. The first-order chi connectivity index (χ1) is 7.24.